The van der Waals surface area contributed by atoms with E-state index in [4.69, 9.17) is 0 Å². The number of rotatable bonds is 1. The average molecular weight is 206 g/mol. The number of hydrogen-bond acceptors (Lipinski definition) is 0. The minimum absolute atomic E-state index is 0.638. The van der Waals surface area contributed by atoms with Crippen LogP contribution in [0.2, 0.25) is 0 Å². The summed E-state index contributed by atoms with van der Waals surface area (Å²) >= 11 is 0. The lowest BCUT2D eigenvalue weighted by molar-refractivity contribution is 0.840. The lowest BCUT2D eigenvalue weighted by Crippen LogP contribution is -2.00. The van der Waals surface area contributed by atoms with Gasteiger partial charge in [-0.3, -0.25) is 0 Å². The quantitative estimate of drug-likeness (QED) is 0.602. The van der Waals surface area contributed by atoms with E-state index in [0.29, 0.717) is 5.92 Å². The summed E-state index contributed by atoms with van der Waals surface area (Å²) in [6, 6.07) is 2.29. The summed E-state index contributed by atoms with van der Waals surface area (Å²) in [5.74, 6) is 0.638. The molecule has 0 nitrogen and oxygen atoms in total. The Morgan fingerprint density at radius 1 is 0.800 bits per heavy atom. The fourth-order valence-corrected chi connectivity index (χ4v) is 2.11. The molecule has 15 heavy (non-hydrogen) atoms. The molecule has 0 fully saturated rings. The largest absolute Gasteiger partial charge is 0.0683 e. The molecule has 86 valence electrons. The Bertz CT molecular complexity index is 293. The van der Waals surface area contributed by atoms with E-state index in [1.807, 2.05) is 13.8 Å². The zero-order valence-electron chi connectivity index (χ0n) is 11.7. The molecule has 0 aliphatic carbocycles. The van der Waals surface area contributed by atoms with Crippen LogP contribution >= 0.6 is 0 Å². The van der Waals surface area contributed by atoms with Gasteiger partial charge in [-0.25, -0.2) is 0 Å². The highest BCUT2D eigenvalue weighted by atomic mass is 14.2. The van der Waals surface area contributed by atoms with Crippen molar-refractivity contribution < 1.29 is 0 Å². The van der Waals surface area contributed by atoms with Crippen LogP contribution in [0.4, 0.5) is 0 Å². The van der Waals surface area contributed by atoms with Crippen LogP contribution in [-0.2, 0) is 0 Å². The van der Waals surface area contributed by atoms with Gasteiger partial charge in [-0.05, 0) is 61.4 Å². The van der Waals surface area contributed by atoms with Gasteiger partial charge >= 0.3 is 0 Å². The third-order valence-corrected chi connectivity index (χ3v) is 3.00. The zero-order chi connectivity index (χ0) is 12.2. The summed E-state index contributed by atoms with van der Waals surface area (Å²) in [7, 11) is 0. The molecule has 0 N–H and O–H groups in total. The van der Waals surface area contributed by atoms with Crippen LogP contribution in [0.1, 0.15) is 61.4 Å². The average Bonchev–Trinajstić information content (AvgIpc) is 2.18. The molecule has 0 amide bonds. The monoisotopic (exact) mass is 206 g/mol. The summed E-state index contributed by atoms with van der Waals surface area (Å²) in [6.07, 6.45) is 0. The second-order valence-corrected chi connectivity index (χ2v) is 4.33. The Balaban J connectivity index is 0.000000921. The summed E-state index contributed by atoms with van der Waals surface area (Å²) in [4.78, 5) is 0. The van der Waals surface area contributed by atoms with Crippen molar-refractivity contribution in [1.29, 1.82) is 0 Å². The minimum atomic E-state index is 0.638. The summed E-state index contributed by atoms with van der Waals surface area (Å²) in [6.45, 7) is 17.4. The normalized spacial score (nSPS) is 9.93. The van der Waals surface area contributed by atoms with E-state index in [0.717, 1.165) is 0 Å². The van der Waals surface area contributed by atoms with Gasteiger partial charge in [0.25, 0.3) is 0 Å². The predicted molar refractivity (Wildman–Crippen MR) is 70.8 cm³/mol. The van der Waals surface area contributed by atoms with Crippen molar-refractivity contribution in [3.05, 3.63) is 33.9 Å². The standard InChI is InChI=1S/C13H20.C2H6/c1-8(2)13-11(5)9(3)7-10(4)12(13)6;1-2/h7-8H,1-6H3;1-2H3. The highest BCUT2D eigenvalue weighted by molar-refractivity contribution is 5.45. The molecule has 0 unspecified atom stereocenters. The molecule has 0 saturated carbocycles. The molecule has 0 heterocycles. The molecule has 0 saturated heterocycles. The van der Waals surface area contributed by atoms with Gasteiger partial charge in [0, 0.05) is 0 Å². The van der Waals surface area contributed by atoms with Gasteiger partial charge < -0.3 is 0 Å². The molecule has 0 aromatic heterocycles. The number of benzene rings is 1. The van der Waals surface area contributed by atoms with Gasteiger partial charge in [-0.15, -0.1) is 0 Å². The second-order valence-electron chi connectivity index (χ2n) is 4.33. The van der Waals surface area contributed by atoms with Gasteiger partial charge in [0.05, 0.1) is 0 Å². The van der Waals surface area contributed by atoms with E-state index in [9.17, 15) is 0 Å². The van der Waals surface area contributed by atoms with E-state index in [2.05, 4.69) is 47.6 Å². The van der Waals surface area contributed by atoms with E-state index >= 15 is 0 Å². The van der Waals surface area contributed by atoms with E-state index in [1.165, 1.54) is 27.8 Å². The summed E-state index contributed by atoms with van der Waals surface area (Å²) in [5, 5.41) is 0. The topological polar surface area (TPSA) is 0 Å². The lowest BCUT2D eigenvalue weighted by atomic mass is 9.88. The Morgan fingerprint density at radius 2 is 1.13 bits per heavy atom. The second kappa shape index (κ2) is 5.95. The van der Waals surface area contributed by atoms with E-state index in [-0.39, 0.29) is 0 Å². The molecule has 0 atom stereocenters. The molecule has 0 aliphatic heterocycles. The summed E-state index contributed by atoms with van der Waals surface area (Å²) < 4.78 is 0. The van der Waals surface area contributed by atoms with Crippen molar-refractivity contribution >= 4 is 0 Å². The molecule has 0 spiro atoms. The highest BCUT2D eigenvalue weighted by Crippen LogP contribution is 2.27. The maximum atomic E-state index is 2.29. The van der Waals surface area contributed by atoms with Crippen LogP contribution in [0, 0.1) is 27.7 Å². The van der Waals surface area contributed by atoms with Crippen molar-refractivity contribution in [1.82, 2.24) is 0 Å². The highest BCUT2D eigenvalue weighted by Gasteiger charge is 2.10. The van der Waals surface area contributed by atoms with Crippen molar-refractivity contribution in [3.63, 3.8) is 0 Å². The summed E-state index contributed by atoms with van der Waals surface area (Å²) in [5.41, 5.74) is 7.33. The van der Waals surface area contributed by atoms with E-state index < -0.39 is 0 Å². The molecular formula is C15H26. The van der Waals surface area contributed by atoms with Crippen LogP contribution in [0.15, 0.2) is 6.07 Å². The fourth-order valence-electron chi connectivity index (χ4n) is 2.11. The van der Waals surface area contributed by atoms with Gasteiger partial charge in [0.1, 0.15) is 0 Å². The number of hydrogen-bond donors (Lipinski definition) is 0. The predicted octanol–water partition coefficient (Wildman–Crippen LogP) is 5.07. The SMILES string of the molecule is CC.Cc1cc(C)c(C)c(C(C)C)c1C. The van der Waals surface area contributed by atoms with Gasteiger partial charge in [0.2, 0.25) is 0 Å². The first kappa shape index (κ1) is 14.2. The molecule has 1 rings (SSSR count). The molecule has 0 heteroatoms. The fraction of sp³-hybridized carbons (Fsp3) is 0.600. The van der Waals surface area contributed by atoms with Crippen molar-refractivity contribution in [3.8, 4) is 0 Å². The van der Waals surface area contributed by atoms with Gasteiger partial charge in [-0.2, -0.15) is 0 Å². The molecule has 1 aromatic carbocycles. The van der Waals surface area contributed by atoms with Crippen LogP contribution in [0.5, 0.6) is 0 Å². The molecule has 0 aliphatic rings. The smallest absolute Gasteiger partial charge is 0.0213 e. The minimum Gasteiger partial charge on any atom is -0.0683 e. The maximum Gasteiger partial charge on any atom is -0.0213 e. The first-order chi connectivity index (χ1) is 6.95. The van der Waals surface area contributed by atoms with Crippen LogP contribution in [0.25, 0.3) is 0 Å². The van der Waals surface area contributed by atoms with Crippen molar-refractivity contribution in [2.24, 2.45) is 0 Å². The third kappa shape index (κ3) is 3.09. The molecule has 1 aromatic rings. The Morgan fingerprint density at radius 3 is 1.40 bits per heavy atom. The van der Waals surface area contributed by atoms with Crippen LogP contribution < -0.4 is 0 Å². The van der Waals surface area contributed by atoms with Crippen LogP contribution in [-0.4, -0.2) is 0 Å². The van der Waals surface area contributed by atoms with Crippen LogP contribution in [0.3, 0.4) is 0 Å². The van der Waals surface area contributed by atoms with Crippen molar-refractivity contribution in [2.45, 2.75) is 61.3 Å². The Hall–Kier alpha value is -0.780. The lowest BCUT2D eigenvalue weighted by Gasteiger charge is -2.17. The molecular weight excluding hydrogens is 180 g/mol. The van der Waals surface area contributed by atoms with Gasteiger partial charge in [0.15, 0.2) is 0 Å². The Labute approximate surface area is 95.7 Å². The van der Waals surface area contributed by atoms with E-state index in [1.54, 1.807) is 0 Å². The maximum absolute atomic E-state index is 2.29. The first-order valence-electron chi connectivity index (χ1n) is 6.02. The molecule has 0 bridgehead atoms. The van der Waals surface area contributed by atoms with Gasteiger partial charge in [-0.1, -0.05) is 33.8 Å². The molecule has 0 radical (unpaired) electrons. The Kier molecular flexibility index (Phi) is 5.64. The number of aryl methyl sites for hydroxylation is 2. The van der Waals surface area contributed by atoms with Crippen molar-refractivity contribution in [2.75, 3.05) is 0 Å². The zero-order valence-corrected chi connectivity index (χ0v) is 11.7. The first-order valence-corrected chi connectivity index (χ1v) is 6.02. The third-order valence-electron chi connectivity index (χ3n) is 3.00.